The summed E-state index contributed by atoms with van der Waals surface area (Å²) >= 11 is 5.00. The fourth-order valence-corrected chi connectivity index (χ4v) is 2.32. The van der Waals surface area contributed by atoms with Gasteiger partial charge in [0.15, 0.2) is 5.11 Å². The van der Waals surface area contributed by atoms with E-state index in [9.17, 15) is 9.59 Å². The summed E-state index contributed by atoms with van der Waals surface area (Å²) in [5.41, 5.74) is 0.768. The number of nitrogens with zero attached hydrogens (tertiary/aromatic N) is 1. The minimum absolute atomic E-state index is 0.0398. The van der Waals surface area contributed by atoms with Crippen molar-refractivity contribution in [2.75, 3.05) is 6.54 Å². The molecule has 2 amide bonds. The molecule has 1 aromatic rings. The van der Waals surface area contributed by atoms with E-state index in [1.807, 2.05) is 13.8 Å². The molecular weight excluding hydrogens is 312 g/mol. The van der Waals surface area contributed by atoms with Gasteiger partial charge in [-0.2, -0.15) is 0 Å². The number of thiocarbonyl (C=S) groups is 1. The first-order valence-corrected chi connectivity index (χ1v) is 7.59. The molecule has 0 radical (unpaired) electrons. The Hall–Kier alpha value is -2.47. The SMILES string of the molecule is C=CCN1C(=O)C(=Cc2ccc(OC(C)C)cc2)C(=O)NC1=S. The van der Waals surface area contributed by atoms with Crippen molar-refractivity contribution in [3.8, 4) is 5.75 Å². The van der Waals surface area contributed by atoms with Gasteiger partial charge in [0.2, 0.25) is 0 Å². The number of benzene rings is 1. The summed E-state index contributed by atoms with van der Waals surface area (Å²) in [4.78, 5) is 25.7. The maximum absolute atomic E-state index is 12.4. The highest BCUT2D eigenvalue weighted by Gasteiger charge is 2.32. The second-order valence-electron chi connectivity index (χ2n) is 5.26. The number of nitrogens with one attached hydrogen (secondary N) is 1. The lowest BCUT2D eigenvalue weighted by Gasteiger charge is -2.27. The third-order valence-electron chi connectivity index (χ3n) is 3.06. The molecule has 23 heavy (non-hydrogen) atoms. The molecule has 0 saturated carbocycles. The van der Waals surface area contributed by atoms with Crippen molar-refractivity contribution < 1.29 is 14.3 Å². The van der Waals surface area contributed by atoms with E-state index in [4.69, 9.17) is 17.0 Å². The van der Waals surface area contributed by atoms with E-state index in [0.717, 1.165) is 11.3 Å². The molecule has 0 atom stereocenters. The maximum atomic E-state index is 12.4. The van der Waals surface area contributed by atoms with Gasteiger partial charge in [0.1, 0.15) is 11.3 Å². The average molecular weight is 330 g/mol. The summed E-state index contributed by atoms with van der Waals surface area (Å²) in [6, 6.07) is 7.17. The number of hydrogen-bond acceptors (Lipinski definition) is 4. The van der Waals surface area contributed by atoms with E-state index in [-0.39, 0.29) is 23.3 Å². The zero-order chi connectivity index (χ0) is 17.0. The molecule has 0 bridgehead atoms. The highest BCUT2D eigenvalue weighted by atomic mass is 32.1. The zero-order valence-electron chi connectivity index (χ0n) is 13.0. The Morgan fingerprint density at radius 2 is 1.96 bits per heavy atom. The number of hydrogen-bond donors (Lipinski definition) is 1. The lowest BCUT2D eigenvalue weighted by molar-refractivity contribution is -0.128. The molecule has 0 unspecified atom stereocenters. The van der Waals surface area contributed by atoms with Gasteiger partial charge in [0.05, 0.1) is 6.10 Å². The van der Waals surface area contributed by atoms with E-state index in [1.54, 1.807) is 30.3 Å². The van der Waals surface area contributed by atoms with Crippen molar-refractivity contribution >= 4 is 35.2 Å². The van der Waals surface area contributed by atoms with Gasteiger partial charge in [-0.3, -0.25) is 19.8 Å². The van der Waals surface area contributed by atoms with Crippen LogP contribution in [-0.4, -0.2) is 34.5 Å². The van der Waals surface area contributed by atoms with E-state index in [1.165, 1.54) is 11.0 Å². The minimum Gasteiger partial charge on any atom is -0.491 e. The van der Waals surface area contributed by atoms with Gasteiger partial charge in [-0.05, 0) is 49.8 Å². The monoisotopic (exact) mass is 330 g/mol. The summed E-state index contributed by atoms with van der Waals surface area (Å²) in [5.74, 6) is -0.194. The number of ether oxygens (including phenoxy) is 1. The molecule has 0 aliphatic carbocycles. The van der Waals surface area contributed by atoms with Crippen molar-refractivity contribution in [1.82, 2.24) is 10.2 Å². The van der Waals surface area contributed by atoms with Gasteiger partial charge >= 0.3 is 0 Å². The first kappa shape index (κ1) is 16.9. The van der Waals surface area contributed by atoms with Crippen molar-refractivity contribution in [1.29, 1.82) is 0 Å². The van der Waals surface area contributed by atoms with Crippen LogP contribution in [-0.2, 0) is 9.59 Å². The molecule has 1 saturated heterocycles. The summed E-state index contributed by atoms with van der Waals surface area (Å²) in [6.45, 7) is 7.72. The highest BCUT2D eigenvalue weighted by molar-refractivity contribution is 7.80. The van der Waals surface area contributed by atoms with E-state index >= 15 is 0 Å². The van der Waals surface area contributed by atoms with Crippen LogP contribution in [0.4, 0.5) is 0 Å². The minimum atomic E-state index is -0.497. The van der Waals surface area contributed by atoms with Gasteiger partial charge in [0.25, 0.3) is 11.8 Å². The summed E-state index contributed by atoms with van der Waals surface area (Å²) in [7, 11) is 0. The summed E-state index contributed by atoms with van der Waals surface area (Å²) < 4.78 is 5.56. The standard InChI is InChI=1S/C17H18N2O3S/c1-4-9-19-16(21)14(15(20)18-17(19)23)10-12-5-7-13(8-6-12)22-11(2)3/h4-8,10-11H,1,9H2,2-3H3,(H,18,20,23). The molecule has 1 fully saturated rings. The van der Waals surface area contributed by atoms with E-state index in [2.05, 4.69) is 11.9 Å². The van der Waals surface area contributed by atoms with Crippen molar-refractivity contribution in [2.45, 2.75) is 20.0 Å². The Balaban J connectivity index is 2.26. The van der Waals surface area contributed by atoms with Crippen molar-refractivity contribution in [3.05, 3.63) is 48.1 Å². The molecule has 0 aromatic heterocycles. The molecule has 1 aromatic carbocycles. The predicted molar refractivity (Wildman–Crippen MR) is 92.8 cm³/mol. The normalized spacial score (nSPS) is 16.7. The second kappa shape index (κ2) is 7.19. The fraction of sp³-hybridized carbons (Fsp3) is 0.235. The third kappa shape index (κ3) is 4.04. The Labute approximate surface area is 140 Å². The fourth-order valence-electron chi connectivity index (χ4n) is 2.07. The van der Waals surface area contributed by atoms with Gasteiger partial charge in [-0.25, -0.2) is 0 Å². The predicted octanol–water partition coefficient (Wildman–Crippen LogP) is 2.29. The Morgan fingerprint density at radius 1 is 1.30 bits per heavy atom. The smallest absolute Gasteiger partial charge is 0.265 e. The van der Waals surface area contributed by atoms with Crippen molar-refractivity contribution in [3.63, 3.8) is 0 Å². The van der Waals surface area contributed by atoms with Gasteiger partial charge in [-0.1, -0.05) is 18.2 Å². The van der Waals surface area contributed by atoms with Gasteiger partial charge < -0.3 is 4.74 Å². The van der Waals surface area contributed by atoms with Crippen LogP contribution in [0.5, 0.6) is 5.75 Å². The van der Waals surface area contributed by atoms with Crippen LogP contribution in [0, 0.1) is 0 Å². The maximum Gasteiger partial charge on any atom is 0.265 e. The first-order valence-electron chi connectivity index (χ1n) is 7.19. The molecule has 2 rings (SSSR count). The average Bonchev–Trinajstić information content (AvgIpc) is 2.49. The van der Waals surface area contributed by atoms with E-state index < -0.39 is 11.8 Å². The van der Waals surface area contributed by atoms with Crippen molar-refractivity contribution in [2.24, 2.45) is 0 Å². The Morgan fingerprint density at radius 3 is 2.52 bits per heavy atom. The third-order valence-corrected chi connectivity index (χ3v) is 3.38. The topological polar surface area (TPSA) is 58.6 Å². The molecule has 1 aliphatic rings. The lowest BCUT2D eigenvalue weighted by Crippen LogP contribution is -2.53. The first-order chi connectivity index (χ1) is 10.9. The molecule has 120 valence electrons. The van der Waals surface area contributed by atoms with E-state index in [0.29, 0.717) is 0 Å². The van der Waals surface area contributed by atoms with Gasteiger partial charge in [0, 0.05) is 6.54 Å². The number of amides is 2. The molecule has 5 nitrogen and oxygen atoms in total. The Bertz CT molecular complexity index is 678. The molecule has 1 N–H and O–H groups in total. The second-order valence-corrected chi connectivity index (χ2v) is 5.64. The lowest BCUT2D eigenvalue weighted by atomic mass is 10.1. The number of rotatable bonds is 5. The largest absolute Gasteiger partial charge is 0.491 e. The molecule has 1 heterocycles. The molecule has 0 spiro atoms. The van der Waals surface area contributed by atoms with Crippen LogP contribution in [0.15, 0.2) is 42.5 Å². The molecule has 6 heteroatoms. The molecule has 1 aliphatic heterocycles. The quantitative estimate of drug-likeness (QED) is 0.389. The zero-order valence-corrected chi connectivity index (χ0v) is 13.9. The van der Waals surface area contributed by atoms with Crippen LogP contribution in [0.25, 0.3) is 6.08 Å². The van der Waals surface area contributed by atoms with Crippen LogP contribution >= 0.6 is 12.2 Å². The summed E-state index contributed by atoms with van der Waals surface area (Å²) in [6.07, 6.45) is 3.17. The van der Waals surface area contributed by atoms with Crippen LogP contribution in [0.2, 0.25) is 0 Å². The molecular formula is C17H18N2O3S. The van der Waals surface area contributed by atoms with Crippen LogP contribution in [0.1, 0.15) is 19.4 Å². The number of carbonyl (C=O) groups is 2. The van der Waals surface area contributed by atoms with Crippen LogP contribution < -0.4 is 10.1 Å². The highest BCUT2D eigenvalue weighted by Crippen LogP contribution is 2.18. The van der Waals surface area contributed by atoms with Gasteiger partial charge in [-0.15, -0.1) is 6.58 Å². The number of carbonyl (C=O) groups excluding carboxylic acids is 2. The Kier molecular flexibility index (Phi) is 5.28. The van der Waals surface area contributed by atoms with Crippen LogP contribution in [0.3, 0.4) is 0 Å². The summed E-state index contributed by atoms with van der Waals surface area (Å²) in [5, 5.41) is 2.60.